The topological polar surface area (TPSA) is 97.7 Å². The van der Waals surface area contributed by atoms with Gasteiger partial charge in [-0.15, -0.1) is 0 Å². The van der Waals surface area contributed by atoms with E-state index in [1.807, 2.05) is 6.92 Å². The number of ketones is 1. The van der Waals surface area contributed by atoms with Crippen molar-refractivity contribution in [2.45, 2.75) is 44.8 Å². The van der Waals surface area contributed by atoms with Crippen LogP contribution in [0, 0.1) is 23.2 Å². The lowest BCUT2D eigenvalue weighted by atomic mass is 9.59. The maximum Gasteiger partial charge on any atom is 0.402 e. The number of carbonyl (C=O) groups excluding carboxylic acids is 2. The van der Waals surface area contributed by atoms with E-state index in [9.17, 15) is 26.8 Å². The summed E-state index contributed by atoms with van der Waals surface area (Å²) in [5.41, 5.74) is -1.10. The van der Waals surface area contributed by atoms with E-state index in [-0.39, 0.29) is 30.5 Å². The Hall–Kier alpha value is -1.09. The number of fused-ring (bicyclic) bond motifs is 2. The number of carbonyl (C=O) groups is 2. The minimum atomic E-state index is -5.64. The molecule has 1 N–H and O–H groups in total. The van der Waals surface area contributed by atoms with Crippen molar-refractivity contribution in [2.24, 2.45) is 23.2 Å². The summed E-state index contributed by atoms with van der Waals surface area (Å²) in [6.07, 6.45) is 1.73. The SMILES string of the molecule is CC1CC2CC(C)(C(=O)OCC(F)(F)S(=O)(=O)O)CC(C1)C2=O. The molecule has 2 bridgehead atoms. The number of alkyl halides is 2. The highest BCUT2D eigenvalue weighted by Crippen LogP contribution is 2.48. The standard InChI is InChI=1S/C14H20F2O6S/c1-8-3-9-5-13(2,6-10(4-8)11(9)17)12(18)22-7-14(15,16)23(19,20)21/h8-10H,3-7H2,1-2H3,(H,19,20,21). The van der Waals surface area contributed by atoms with Gasteiger partial charge in [0.05, 0.1) is 5.41 Å². The average molecular weight is 354 g/mol. The molecule has 2 fully saturated rings. The Kier molecular flexibility index (Phi) is 4.58. The third-order valence-corrected chi connectivity index (χ3v) is 5.69. The second-order valence-corrected chi connectivity index (χ2v) is 8.58. The van der Waals surface area contributed by atoms with Crippen molar-refractivity contribution in [2.75, 3.05) is 6.61 Å². The molecule has 132 valence electrons. The molecule has 2 atom stereocenters. The molecule has 23 heavy (non-hydrogen) atoms. The van der Waals surface area contributed by atoms with Crippen molar-refractivity contribution >= 4 is 21.9 Å². The Bertz CT molecular complexity index is 597. The summed E-state index contributed by atoms with van der Waals surface area (Å²) in [7, 11) is -5.64. The Balaban J connectivity index is 2.07. The van der Waals surface area contributed by atoms with Gasteiger partial charge >= 0.3 is 21.3 Å². The number of rotatable bonds is 4. The van der Waals surface area contributed by atoms with Gasteiger partial charge in [0.25, 0.3) is 0 Å². The lowest BCUT2D eigenvalue weighted by Crippen LogP contribution is -2.48. The van der Waals surface area contributed by atoms with Gasteiger partial charge in [0.15, 0.2) is 6.61 Å². The minimum absolute atomic E-state index is 0.108. The van der Waals surface area contributed by atoms with Gasteiger partial charge < -0.3 is 4.74 Å². The molecule has 0 radical (unpaired) electrons. The summed E-state index contributed by atoms with van der Waals surface area (Å²) >= 11 is 0. The zero-order valence-electron chi connectivity index (χ0n) is 12.9. The van der Waals surface area contributed by atoms with Crippen LogP contribution in [0.5, 0.6) is 0 Å². The van der Waals surface area contributed by atoms with E-state index in [0.29, 0.717) is 18.8 Å². The first-order chi connectivity index (χ1) is 10.4. The largest absolute Gasteiger partial charge is 0.458 e. The molecule has 0 aromatic rings. The monoisotopic (exact) mass is 354 g/mol. The number of hydrogen-bond acceptors (Lipinski definition) is 5. The normalized spacial score (nSPS) is 35.0. The third kappa shape index (κ3) is 3.55. The summed E-state index contributed by atoms with van der Waals surface area (Å²) in [5, 5.41) is -4.55. The minimum Gasteiger partial charge on any atom is -0.458 e. The molecule has 0 heterocycles. The molecule has 0 aromatic heterocycles. The molecular formula is C14H20F2O6S. The number of Topliss-reactive ketones (excluding diaryl/α,β-unsaturated/α-hetero) is 1. The summed E-state index contributed by atoms with van der Waals surface area (Å²) in [5.74, 6) is -1.07. The Morgan fingerprint density at radius 2 is 1.83 bits per heavy atom. The van der Waals surface area contributed by atoms with E-state index >= 15 is 0 Å². The van der Waals surface area contributed by atoms with Crippen molar-refractivity contribution in [3.8, 4) is 0 Å². The molecule has 9 heteroatoms. The van der Waals surface area contributed by atoms with Gasteiger partial charge in [-0.3, -0.25) is 14.1 Å². The lowest BCUT2D eigenvalue weighted by Gasteiger charge is -2.44. The average Bonchev–Trinajstić information content (AvgIpc) is 2.38. The lowest BCUT2D eigenvalue weighted by molar-refractivity contribution is -0.168. The van der Waals surface area contributed by atoms with Crippen molar-refractivity contribution in [1.82, 2.24) is 0 Å². The highest BCUT2D eigenvalue weighted by molar-refractivity contribution is 7.86. The van der Waals surface area contributed by atoms with Gasteiger partial charge in [-0.05, 0) is 38.5 Å². The van der Waals surface area contributed by atoms with Gasteiger partial charge in [0.2, 0.25) is 0 Å². The molecule has 0 amide bonds. The smallest absolute Gasteiger partial charge is 0.402 e. The van der Waals surface area contributed by atoms with E-state index in [1.165, 1.54) is 0 Å². The Morgan fingerprint density at radius 1 is 1.35 bits per heavy atom. The molecular weight excluding hydrogens is 334 g/mol. The van der Waals surface area contributed by atoms with E-state index in [0.717, 1.165) is 0 Å². The van der Waals surface area contributed by atoms with Gasteiger partial charge in [-0.1, -0.05) is 6.92 Å². The molecule has 6 nitrogen and oxygen atoms in total. The Morgan fingerprint density at radius 3 is 2.26 bits per heavy atom. The molecule has 0 saturated heterocycles. The highest BCUT2D eigenvalue weighted by atomic mass is 32.2. The quantitative estimate of drug-likeness (QED) is 0.613. The predicted octanol–water partition coefficient (Wildman–Crippen LogP) is 2.04. The van der Waals surface area contributed by atoms with Gasteiger partial charge in [-0.25, -0.2) is 0 Å². The van der Waals surface area contributed by atoms with E-state index in [2.05, 4.69) is 4.74 Å². The zero-order valence-corrected chi connectivity index (χ0v) is 13.7. The summed E-state index contributed by atoms with van der Waals surface area (Å²) in [6.45, 7) is 1.84. The molecule has 2 aliphatic carbocycles. The number of hydrogen-bond donors (Lipinski definition) is 1. The number of halogens is 2. The molecule has 2 saturated carbocycles. The summed E-state index contributed by atoms with van der Waals surface area (Å²) in [4.78, 5) is 24.3. The number of esters is 1. The van der Waals surface area contributed by atoms with Crippen LogP contribution in [-0.4, -0.2) is 36.6 Å². The first-order valence-electron chi connectivity index (χ1n) is 7.41. The number of ether oxygens (including phenoxy) is 1. The van der Waals surface area contributed by atoms with Crippen LogP contribution in [0.3, 0.4) is 0 Å². The van der Waals surface area contributed by atoms with Crippen LogP contribution in [0.4, 0.5) is 8.78 Å². The molecule has 0 aliphatic heterocycles. The van der Waals surface area contributed by atoms with Gasteiger partial charge in [0, 0.05) is 11.8 Å². The van der Waals surface area contributed by atoms with E-state index in [4.69, 9.17) is 4.55 Å². The Labute approximate surface area is 133 Å². The molecule has 0 aromatic carbocycles. The maximum atomic E-state index is 13.2. The van der Waals surface area contributed by atoms with Crippen LogP contribution < -0.4 is 0 Å². The molecule has 2 unspecified atom stereocenters. The third-order valence-electron chi connectivity index (χ3n) is 4.81. The van der Waals surface area contributed by atoms with Crippen molar-refractivity contribution in [3.05, 3.63) is 0 Å². The molecule has 2 rings (SSSR count). The summed E-state index contributed by atoms with van der Waals surface area (Å²) in [6, 6.07) is 0. The van der Waals surface area contributed by atoms with Crippen LogP contribution in [0.15, 0.2) is 0 Å². The van der Waals surface area contributed by atoms with Gasteiger partial charge in [-0.2, -0.15) is 17.2 Å². The van der Waals surface area contributed by atoms with E-state index < -0.39 is 33.4 Å². The van der Waals surface area contributed by atoms with E-state index in [1.54, 1.807) is 6.92 Å². The summed E-state index contributed by atoms with van der Waals surface area (Å²) < 4.78 is 60.3. The predicted molar refractivity (Wildman–Crippen MR) is 75.2 cm³/mol. The highest BCUT2D eigenvalue weighted by Gasteiger charge is 2.52. The maximum absolute atomic E-state index is 13.2. The fraction of sp³-hybridized carbons (Fsp3) is 0.857. The van der Waals surface area contributed by atoms with Crippen molar-refractivity contribution in [3.63, 3.8) is 0 Å². The van der Waals surface area contributed by atoms with Crippen molar-refractivity contribution in [1.29, 1.82) is 0 Å². The first kappa shape index (κ1) is 18.3. The molecule has 0 spiro atoms. The van der Waals surface area contributed by atoms with Crippen LogP contribution in [0.2, 0.25) is 0 Å². The fourth-order valence-electron chi connectivity index (χ4n) is 3.74. The van der Waals surface area contributed by atoms with Crippen molar-refractivity contribution < 1.29 is 36.1 Å². The second kappa shape index (κ2) is 5.77. The van der Waals surface area contributed by atoms with Crippen LogP contribution in [0.1, 0.15) is 39.5 Å². The van der Waals surface area contributed by atoms with Crippen LogP contribution >= 0.6 is 0 Å². The van der Waals surface area contributed by atoms with Gasteiger partial charge in [0.1, 0.15) is 5.78 Å². The molecule has 2 aliphatic rings. The zero-order chi connectivity index (χ0) is 17.6. The second-order valence-electron chi connectivity index (χ2n) is 7.03. The first-order valence-corrected chi connectivity index (χ1v) is 8.85. The fourth-order valence-corrected chi connectivity index (χ4v) is 3.94. The van der Waals surface area contributed by atoms with Crippen LogP contribution in [-0.2, 0) is 24.4 Å². The van der Waals surface area contributed by atoms with Crippen LogP contribution in [0.25, 0.3) is 0 Å².